The van der Waals surface area contributed by atoms with Gasteiger partial charge in [0.15, 0.2) is 0 Å². The van der Waals surface area contributed by atoms with Crippen LogP contribution in [0, 0.1) is 0 Å². The summed E-state index contributed by atoms with van der Waals surface area (Å²) in [7, 11) is 0. The van der Waals surface area contributed by atoms with Gasteiger partial charge in [0.25, 0.3) is 0 Å². The molecule has 21 heavy (non-hydrogen) atoms. The highest BCUT2D eigenvalue weighted by molar-refractivity contribution is 5.77. The third-order valence-electron chi connectivity index (χ3n) is 3.32. The van der Waals surface area contributed by atoms with Crippen LogP contribution in [0.5, 0.6) is 0 Å². The lowest BCUT2D eigenvalue weighted by atomic mass is 10.2. The minimum Gasteiger partial charge on any atom is -0.444 e. The minimum atomic E-state index is -0.481. The zero-order valence-electron chi connectivity index (χ0n) is 13.9. The number of hydrogen-bond acceptors (Lipinski definition) is 4. The molecule has 1 atom stereocenters. The Balaban J connectivity index is 2.38. The van der Waals surface area contributed by atoms with Crippen LogP contribution in [0.3, 0.4) is 0 Å². The Morgan fingerprint density at radius 3 is 2.14 bits per heavy atom. The summed E-state index contributed by atoms with van der Waals surface area (Å²) in [6.45, 7) is 12.7. The maximum atomic E-state index is 12.1. The fourth-order valence-electron chi connectivity index (χ4n) is 2.28. The maximum Gasteiger partial charge on any atom is 0.410 e. The summed E-state index contributed by atoms with van der Waals surface area (Å²) in [5.74, 6) is 0.146. The topological polar surface area (TPSA) is 61.9 Å². The van der Waals surface area contributed by atoms with E-state index >= 15 is 0 Å². The molecule has 2 amide bonds. The molecule has 0 aromatic carbocycles. The van der Waals surface area contributed by atoms with Gasteiger partial charge in [0.2, 0.25) is 5.91 Å². The van der Waals surface area contributed by atoms with E-state index in [1.807, 2.05) is 39.5 Å². The SMILES string of the molecule is CCN[C@@H](C)CC(=O)N1CCN(C(=O)OC(C)(C)C)CC1. The molecule has 0 spiro atoms. The first kappa shape index (κ1) is 17.8. The Kier molecular flexibility index (Phi) is 6.45. The number of rotatable bonds is 4. The molecule has 0 unspecified atom stereocenters. The molecule has 6 nitrogen and oxygen atoms in total. The van der Waals surface area contributed by atoms with Crippen LogP contribution in [-0.2, 0) is 9.53 Å². The molecule has 1 aliphatic heterocycles. The van der Waals surface area contributed by atoms with E-state index in [1.54, 1.807) is 4.90 Å². The van der Waals surface area contributed by atoms with E-state index in [2.05, 4.69) is 5.32 Å². The Bertz CT molecular complexity index is 358. The number of carbonyl (C=O) groups excluding carboxylic acids is 2. The molecule has 6 heteroatoms. The maximum absolute atomic E-state index is 12.1. The van der Waals surface area contributed by atoms with E-state index in [-0.39, 0.29) is 18.0 Å². The summed E-state index contributed by atoms with van der Waals surface area (Å²) in [5, 5.41) is 3.24. The predicted molar refractivity (Wildman–Crippen MR) is 82.1 cm³/mol. The number of hydrogen-bond donors (Lipinski definition) is 1. The predicted octanol–water partition coefficient (Wildman–Crippen LogP) is 1.45. The van der Waals surface area contributed by atoms with E-state index in [0.717, 1.165) is 6.54 Å². The zero-order valence-corrected chi connectivity index (χ0v) is 13.9. The smallest absolute Gasteiger partial charge is 0.410 e. The van der Waals surface area contributed by atoms with Crippen molar-refractivity contribution in [1.82, 2.24) is 15.1 Å². The Morgan fingerprint density at radius 1 is 1.14 bits per heavy atom. The van der Waals surface area contributed by atoms with Gasteiger partial charge in [-0.25, -0.2) is 4.79 Å². The Hall–Kier alpha value is -1.30. The number of nitrogens with one attached hydrogen (secondary N) is 1. The van der Waals surface area contributed by atoms with Gasteiger partial charge in [0.05, 0.1) is 0 Å². The molecule has 0 aromatic heterocycles. The van der Waals surface area contributed by atoms with Crippen LogP contribution in [0.25, 0.3) is 0 Å². The molecule has 0 aromatic rings. The highest BCUT2D eigenvalue weighted by atomic mass is 16.6. The van der Waals surface area contributed by atoms with Gasteiger partial charge in [-0.05, 0) is 34.2 Å². The van der Waals surface area contributed by atoms with Gasteiger partial charge in [-0.1, -0.05) is 6.92 Å². The van der Waals surface area contributed by atoms with Crippen LogP contribution in [0.1, 0.15) is 41.0 Å². The first-order valence-electron chi connectivity index (χ1n) is 7.72. The second-order valence-electron chi connectivity index (χ2n) is 6.51. The van der Waals surface area contributed by atoms with Gasteiger partial charge in [0, 0.05) is 38.6 Å². The van der Waals surface area contributed by atoms with Gasteiger partial charge in [0.1, 0.15) is 5.60 Å². The Labute approximate surface area is 127 Å². The van der Waals surface area contributed by atoms with Crippen LogP contribution < -0.4 is 5.32 Å². The lowest BCUT2D eigenvalue weighted by molar-refractivity contribution is -0.133. The highest BCUT2D eigenvalue weighted by Crippen LogP contribution is 2.12. The number of ether oxygens (including phenoxy) is 1. The van der Waals surface area contributed by atoms with Gasteiger partial charge in [-0.2, -0.15) is 0 Å². The first-order valence-corrected chi connectivity index (χ1v) is 7.72. The van der Waals surface area contributed by atoms with Gasteiger partial charge in [-0.3, -0.25) is 4.79 Å². The first-order chi connectivity index (χ1) is 9.73. The van der Waals surface area contributed by atoms with Gasteiger partial charge >= 0.3 is 6.09 Å². The third kappa shape index (κ3) is 6.33. The molecule has 122 valence electrons. The molecular weight excluding hydrogens is 270 g/mol. The number of amides is 2. The van der Waals surface area contributed by atoms with Crippen LogP contribution in [0.15, 0.2) is 0 Å². The van der Waals surface area contributed by atoms with E-state index < -0.39 is 5.60 Å². The number of carbonyl (C=O) groups is 2. The standard InChI is InChI=1S/C15H29N3O3/c1-6-16-12(2)11-13(19)17-7-9-18(10-8-17)14(20)21-15(3,4)5/h12,16H,6-11H2,1-5H3/t12-/m0/s1. The van der Waals surface area contributed by atoms with E-state index in [4.69, 9.17) is 4.74 Å². The van der Waals surface area contributed by atoms with Crippen molar-refractivity contribution < 1.29 is 14.3 Å². The van der Waals surface area contributed by atoms with Crippen molar-refractivity contribution >= 4 is 12.0 Å². The lowest BCUT2D eigenvalue weighted by Crippen LogP contribution is -2.52. The molecule has 0 saturated carbocycles. The van der Waals surface area contributed by atoms with Gasteiger partial charge < -0.3 is 19.9 Å². The summed E-state index contributed by atoms with van der Waals surface area (Å²) < 4.78 is 5.34. The summed E-state index contributed by atoms with van der Waals surface area (Å²) in [6, 6.07) is 0.186. The summed E-state index contributed by atoms with van der Waals surface area (Å²) in [4.78, 5) is 27.6. The second-order valence-corrected chi connectivity index (χ2v) is 6.51. The highest BCUT2D eigenvalue weighted by Gasteiger charge is 2.27. The summed E-state index contributed by atoms with van der Waals surface area (Å²) >= 11 is 0. The van der Waals surface area contributed by atoms with Gasteiger partial charge in [-0.15, -0.1) is 0 Å². The van der Waals surface area contributed by atoms with Crippen LogP contribution >= 0.6 is 0 Å². The van der Waals surface area contributed by atoms with Crippen LogP contribution in [0.4, 0.5) is 4.79 Å². The fraction of sp³-hybridized carbons (Fsp3) is 0.867. The quantitative estimate of drug-likeness (QED) is 0.853. The van der Waals surface area contributed by atoms with E-state index in [0.29, 0.717) is 32.6 Å². The van der Waals surface area contributed by atoms with Crippen LogP contribution in [0.2, 0.25) is 0 Å². The monoisotopic (exact) mass is 299 g/mol. The van der Waals surface area contributed by atoms with Crippen molar-refractivity contribution in [3.8, 4) is 0 Å². The molecule has 1 saturated heterocycles. The third-order valence-corrected chi connectivity index (χ3v) is 3.32. The number of piperazine rings is 1. The average molecular weight is 299 g/mol. The van der Waals surface area contributed by atoms with Crippen molar-refractivity contribution in [2.24, 2.45) is 0 Å². The molecule has 1 N–H and O–H groups in total. The molecule has 0 radical (unpaired) electrons. The molecule has 1 aliphatic rings. The molecule has 1 rings (SSSR count). The van der Waals surface area contributed by atoms with Crippen molar-refractivity contribution in [2.75, 3.05) is 32.7 Å². The zero-order chi connectivity index (χ0) is 16.0. The van der Waals surface area contributed by atoms with Crippen molar-refractivity contribution in [1.29, 1.82) is 0 Å². The summed E-state index contributed by atoms with van der Waals surface area (Å²) in [6.07, 6.45) is 0.205. The second kappa shape index (κ2) is 7.64. The van der Waals surface area contributed by atoms with Crippen molar-refractivity contribution in [2.45, 2.75) is 52.7 Å². The lowest BCUT2D eigenvalue weighted by Gasteiger charge is -2.36. The molecule has 1 heterocycles. The summed E-state index contributed by atoms with van der Waals surface area (Å²) in [5.41, 5.74) is -0.481. The van der Waals surface area contributed by atoms with Crippen LogP contribution in [-0.4, -0.2) is 66.2 Å². The molecule has 0 bridgehead atoms. The Morgan fingerprint density at radius 2 is 1.67 bits per heavy atom. The largest absolute Gasteiger partial charge is 0.444 e. The van der Waals surface area contributed by atoms with E-state index in [1.165, 1.54) is 0 Å². The molecule has 0 aliphatic carbocycles. The van der Waals surface area contributed by atoms with E-state index in [9.17, 15) is 9.59 Å². The number of nitrogens with zero attached hydrogens (tertiary/aromatic N) is 2. The average Bonchev–Trinajstić information content (AvgIpc) is 2.37. The minimum absolute atomic E-state index is 0.146. The normalized spacial score (nSPS) is 17.6. The fourth-order valence-corrected chi connectivity index (χ4v) is 2.28. The molecule has 1 fully saturated rings. The van der Waals surface area contributed by atoms with Crippen molar-refractivity contribution in [3.05, 3.63) is 0 Å². The van der Waals surface area contributed by atoms with Crippen molar-refractivity contribution in [3.63, 3.8) is 0 Å². The molecular formula is C15H29N3O3.